The molecule has 2 aromatic carbocycles. The van der Waals surface area contributed by atoms with Crippen LogP contribution in [0.5, 0.6) is 11.5 Å². The van der Waals surface area contributed by atoms with Crippen LogP contribution in [0.1, 0.15) is 11.3 Å². The number of pyridine rings is 1. The molecule has 0 N–H and O–H groups in total. The minimum absolute atomic E-state index is 0.186. The van der Waals surface area contributed by atoms with Crippen LogP contribution in [0.25, 0.3) is 0 Å². The lowest BCUT2D eigenvalue weighted by molar-refractivity contribution is 0.171. The molecule has 2 heterocycles. The van der Waals surface area contributed by atoms with Crippen molar-refractivity contribution in [2.75, 3.05) is 19.8 Å². The van der Waals surface area contributed by atoms with Crippen molar-refractivity contribution in [3.8, 4) is 11.5 Å². The number of sulfonamides is 1. The molecule has 0 aliphatic carbocycles. The van der Waals surface area contributed by atoms with Gasteiger partial charge in [0, 0.05) is 18.8 Å². The topological polar surface area (TPSA) is 68.7 Å². The highest BCUT2D eigenvalue weighted by Gasteiger charge is 2.27. The molecule has 1 aliphatic heterocycles. The fraction of sp³-hybridized carbons (Fsp3) is 0.227. The van der Waals surface area contributed by atoms with E-state index in [2.05, 4.69) is 4.98 Å². The van der Waals surface area contributed by atoms with Crippen LogP contribution in [0.15, 0.2) is 77.8 Å². The maximum Gasteiger partial charge on any atom is 0.243 e. The second kappa shape index (κ2) is 8.63. The molecule has 0 saturated heterocycles. The molecule has 0 amide bonds. The van der Waals surface area contributed by atoms with Crippen LogP contribution >= 0.6 is 0 Å². The number of fused-ring (bicyclic) bond motifs is 1. The highest BCUT2D eigenvalue weighted by Crippen LogP contribution is 2.33. The van der Waals surface area contributed by atoms with Crippen LogP contribution in [-0.4, -0.2) is 37.5 Å². The van der Waals surface area contributed by atoms with Crippen molar-refractivity contribution in [2.24, 2.45) is 0 Å². The summed E-state index contributed by atoms with van der Waals surface area (Å²) in [5.74, 6) is 1.02. The monoisotopic (exact) mass is 410 g/mol. The summed E-state index contributed by atoms with van der Waals surface area (Å²) in [5.41, 5.74) is 1.78. The molecule has 7 heteroatoms. The van der Waals surface area contributed by atoms with Crippen molar-refractivity contribution in [3.05, 3.63) is 84.2 Å². The lowest BCUT2D eigenvalue weighted by Gasteiger charge is -2.24. The van der Waals surface area contributed by atoms with E-state index in [0.717, 1.165) is 5.56 Å². The second-order valence-corrected chi connectivity index (χ2v) is 8.64. The summed E-state index contributed by atoms with van der Waals surface area (Å²) in [6.07, 6.45) is 2.28. The van der Waals surface area contributed by atoms with E-state index in [4.69, 9.17) is 9.47 Å². The Hall–Kier alpha value is -2.90. The van der Waals surface area contributed by atoms with Crippen LogP contribution < -0.4 is 9.47 Å². The summed E-state index contributed by atoms with van der Waals surface area (Å²) in [7, 11) is -3.75. The van der Waals surface area contributed by atoms with Gasteiger partial charge in [0.05, 0.1) is 17.1 Å². The molecule has 4 rings (SSSR count). The Balaban J connectivity index is 1.63. The van der Waals surface area contributed by atoms with E-state index in [0.29, 0.717) is 43.4 Å². The third-order valence-electron chi connectivity index (χ3n) is 4.71. The molecule has 1 aliphatic rings. The second-order valence-electron chi connectivity index (χ2n) is 6.70. The Morgan fingerprint density at radius 1 is 0.897 bits per heavy atom. The maximum atomic E-state index is 13.4. The predicted molar refractivity (Wildman–Crippen MR) is 109 cm³/mol. The van der Waals surface area contributed by atoms with Gasteiger partial charge in [0.2, 0.25) is 10.0 Å². The normalized spacial score (nSPS) is 13.4. The summed E-state index contributed by atoms with van der Waals surface area (Å²) < 4.78 is 39.4. The zero-order valence-corrected chi connectivity index (χ0v) is 16.7. The van der Waals surface area contributed by atoms with Crippen molar-refractivity contribution in [1.29, 1.82) is 0 Å². The van der Waals surface area contributed by atoms with E-state index in [1.165, 1.54) is 10.4 Å². The molecule has 0 unspecified atom stereocenters. The van der Waals surface area contributed by atoms with Gasteiger partial charge in [-0.3, -0.25) is 4.98 Å². The Morgan fingerprint density at radius 3 is 2.41 bits per heavy atom. The molecule has 0 fully saturated rings. The summed E-state index contributed by atoms with van der Waals surface area (Å²) in [5, 5.41) is 0. The van der Waals surface area contributed by atoms with Gasteiger partial charge in [-0.1, -0.05) is 36.4 Å². The number of rotatable bonds is 7. The number of aromatic nitrogens is 1. The number of nitrogens with zero attached hydrogens (tertiary/aromatic N) is 2. The Kier molecular flexibility index (Phi) is 5.78. The first-order valence-corrected chi connectivity index (χ1v) is 10.9. The first-order valence-electron chi connectivity index (χ1n) is 9.46. The molecule has 0 atom stereocenters. The van der Waals surface area contributed by atoms with Gasteiger partial charge in [-0.2, -0.15) is 4.31 Å². The Labute approximate surface area is 170 Å². The van der Waals surface area contributed by atoms with E-state index in [1.54, 1.807) is 18.3 Å². The fourth-order valence-electron chi connectivity index (χ4n) is 3.19. The minimum atomic E-state index is -3.75. The highest BCUT2D eigenvalue weighted by atomic mass is 32.2. The molecule has 0 radical (unpaired) electrons. The molecule has 0 saturated carbocycles. The number of benzene rings is 2. The van der Waals surface area contributed by atoms with E-state index < -0.39 is 10.0 Å². The van der Waals surface area contributed by atoms with Crippen LogP contribution in [0.2, 0.25) is 0 Å². The predicted octanol–water partition coefficient (Wildman–Crippen LogP) is 3.29. The van der Waals surface area contributed by atoms with Crippen LogP contribution in [0.3, 0.4) is 0 Å². The van der Waals surface area contributed by atoms with Gasteiger partial charge in [-0.05, 0) is 36.2 Å². The Bertz CT molecular complexity index is 1060. The van der Waals surface area contributed by atoms with Gasteiger partial charge in [-0.15, -0.1) is 0 Å². The summed E-state index contributed by atoms with van der Waals surface area (Å²) in [6.45, 7) is 1.41. The average molecular weight is 410 g/mol. The van der Waals surface area contributed by atoms with E-state index in [9.17, 15) is 8.42 Å². The van der Waals surface area contributed by atoms with Crippen molar-refractivity contribution in [1.82, 2.24) is 9.29 Å². The molecule has 29 heavy (non-hydrogen) atoms. The molecule has 3 aromatic rings. The molecule has 150 valence electrons. The molecule has 0 bridgehead atoms. The average Bonchev–Trinajstić information content (AvgIpc) is 2.77. The largest absolute Gasteiger partial charge is 0.486 e. The van der Waals surface area contributed by atoms with Crippen molar-refractivity contribution in [2.45, 2.75) is 17.9 Å². The first kappa shape index (κ1) is 19.4. The molecular formula is C22H22N2O4S. The standard InChI is InChI=1S/C22H22N2O4S/c25-29(26,20-9-10-21-22(16-20)28-15-14-27-21)24(17-19-8-4-5-12-23-19)13-11-18-6-2-1-3-7-18/h1-10,12,16H,11,13-15,17H2. The fourth-order valence-corrected chi connectivity index (χ4v) is 4.62. The molecule has 1 aromatic heterocycles. The highest BCUT2D eigenvalue weighted by molar-refractivity contribution is 7.89. The van der Waals surface area contributed by atoms with Gasteiger partial charge in [0.25, 0.3) is 0 Å². The summed E-state index contributed by atoms with van der Waals surface area (Å²) >= 11 is 0. The Morgan fingerprint density at radius 2 is 1.66 bits per heavy atom. The van der Waals surface area contributed by atoms with Gasteiger partial charge < -0.3 is 9.47 Å². The zero-order valence-electron chi connectivity index (χ0n) is 15.9. The smallest absolute Gasteiger partial charge is 0.243 e. The zero-order chi connectivity index (χ0) is 20.1. The van der Waals surface area contributed by atoms with Crippen molar-refractivity contribution in [3.63, 3.8) is 0 Å². The van der Waals surface area contributed by atoms with Crippen molar-refractivity contribution >= 4 is 10.0 Å². The minimum Gasteiger partial charge on any atom is -0.486 e. The maximum absolute atomic E-state index is 13.4. The van der Waals surface area contributed by atoms with Crippen molar-refractivity contribution < 1.29 is 17.9 Å². The molecular weight excluding hydrogens is 388 g/mol. The number of hydrogen-bond acceptors (Lipinski definition) is 5. The van der Waals surface area contributed by atoms with Crippen LogP contribution in [0.4, 0.5) is 0 Å². The first-order chi connectivity index (χ1) is 14.1. The quantitative estimate of drug-likeness (QED) is 0.598. The summed E-state index contributed by atoms with van der Waals surface area (Å²) in [4.78, 5) is 4.49. The lowest BCUT2D eigenvalue weighted by atomic mass is 10.1. The van der Waals surface area contributed by atoms with Gasteiger partial charge in [-0.25, -0.2) is 8.42 Å². The third-order valence-corrected chi connectivity index (χ3v) is 6.55. The molecule has 0 spiro atoms. The van der Waals surface area contributed by atoms with Crippen LogP contribution in [0, 0.1) is 0 Å². The van der Waals surface area contributed by atoms with Crippen LogP contribution in [-0.2, 0) is 23.0 Å². The van der Waals surface area contributed by atoms with E-state index >= 15 is 0 Å². The van der Waals surface area contributed by atoms with Gasteiger partial charge in [0.15, 0.2) is 11.5 Å². The van der Waals surface area contributed by atoms with E-state index in [1.807, 2.05) is 48.5 Å². The lowest BCUT2D eigenvalue weighted by Crippen LogP contribution is -2.33. The molecule has 6 nitrogen and oxygen atoms in total. The SMILES string of the molecule is O=S(=O)(c1ccc2c(c1)OCCO2)N(CCc1ccccc1)Cc1ccccn1. The summed E-state index contributed by atoms with van der Waals surface area (Å²) in [6, 6.07) is 20.1. The number of hydrogen-bond donors (Lipinski definition) is 0. The van der Waals surface area contributed by atoms with E-state index in [-0.39, 0.29) is 11.4 Å². The third kappa shape index (κ3) is 4.58. The van der Waals surface area contributed by atoms with Gasteiger partial charge in [0.1, 0.15) is 13.2 Å². The number of ether oxygens (including phenoxy) is 2. The van der Waals surface area contributed by atoms with Gasteiger partial charge >= 0.3 is 0 Å².